The molecule has 0 bridgehead atoms. The van der Waals surface area contributed by atoms with Gasteiger partial charge >= 0.3 is 0 Å². The topological polar surface area (TPSA) is 87.2 Å². The number of halogens is 1. The fraction of sp³-hybridized carbons (Fsp3) is 0. The van der Waals surface area contributed by atoms with Crippen molar-refractivity contribution in [1.29, 1.82) is 0 Å². The molecule has 3 aromatic rings. The van der Waals surface area contributed by atoms with Crippen LogP contribution in [0.3, 0.4) is 0 Å². The Balaban J connectivity index is 2.17. The van der Waals surface area contributed by atoms with Crippen molar-refractivity contribution in [3.63, 3.8) is 0 Å². The van der Waals surface area contributed by atoms with Gasteiger partial charge in [0.1, 0.15) is 36.1 Å². The molecular formula is C8H5BrN8. The normalized spacial score (nSPS) is 10.6. The maximum Gasteiger partial charge on any atom is 0.174 e. The van der Waals surface area contributed by atoms with Crippen LogP contribution in [0.25, 0.3) is 11.6 Å². The van der Waals surface area contributed by atoms with Crippen LogP contribution in [0.5, 0.6) is 0 Å². The molecule has 0 spiro atoms. The van der Waals surface area contributed by atoms with Crippen LogP contribution in [-0.2, 0) is 0 Å². The molecule has 0 N–H and O–H groups in total. The van der Waals surface area contributed by atoms with Crippen molar-refractivity contribution in [2.75, 3.05) is 0 Å². The minimum atomic E-state index is 0.586. The van der Waals surface area contributed by atoms with Gasteiger partial charge in [0.2, 0.25) is 0 Å². The highest BCUT2D eigenvalue weighted by atomic mass is 79.9. The molecule has 8 nitrogen and oxygen atoms in total. The lowest BCUT2D eigenvalue weighted by molar-refractivity contribution is 0.792. The van der Waals surface area contributed by atoms with E-state index in [1.54, 1.807) is 12.7 Å². The maximum atomic E-state index is 4.13. The van der Waals surface area contributed by atoms with E-state index in [1.165, 1.54) is 28.3 Å². The van der Waals surface area contributed by atoms with Crippen molar-refractivity contribution in [2.45, 2.75) is 0 Å². The first-order chi connectivity index (χ1) is 8.36. The van der Waals surface area contributed by atoms with Gasteiger partial charge in [-0.3, -0.25) is 0 Å². The first-order valence-corrected chi connectivity index (χ1v) is 5.36. The van der Waals surface area contributed by atoms with Crippen molar-refractivity contribution in [2.24, 2.45) is 0 Å². The molecule has 0 fully saturated rings. The molecule has 9 heteroatoms. The van der Waals surface area contributed by atoms with E-state index in [9.17, 15) is 0 Å². The minimum Gasteiger partial charge on any atom is -0.223 e. The van der Waals surface area contributed by atoms with Gasteiger partial charge in [0.05, 0.1) is 0 Å². The van der Waals surface area contributed by atoms with Gasteiger partial charge in [-0.25, -0.2) is 29.3 Å². The van der Waals surface area contributed by atoms with Crippen LogP contribution in [0.15, 0.2) is 36.1 Å². The first kappa shape index (κ1) is 10.0. The number of aromatic nitrogens is 8. The summed E-state index contributed by atoms with van der Waals surface area (Å²) in [6.07, 6.45) is 7.41. The van der Waals surface area contributed by atoms with Gasteiger partial charge in [-0.2, -0.15) is 10.2 Å². The van der Waals surface area contributed by atoms with Gasteiger partial charge in [-0.05, 0) is 15.9 Å². The van der Waals surface area contributed by atoms with Crippen LogP contribution < -0.4 is 0 Å². The van der Waals surface area contributed by atoms with E-state index >= 15 is 0 Å². The van der Waals surface area contributed by atoms with Crippen molar-refractivity contribution >= 4 is 15.9 Å². The Bertz CT molecular complexity index is 565. The van der Waals surface area contributed by atoms with E-state index in [1.807, 2.05) is 0 Å². The molecule has 0 unspecified atom stereocenters. The molecule has 0 aromatic carbocycles. The van der Waals surface area contributed by atoms with Gasteiger partial charge in [0.15, 0.2) is 11.6 Å². The Kier molecular flexibility index (Phi) is 2.37. The van der Waals surface area contributed by atoms with Gasteiger partial charge in [-0.1, -0.05) is 0 Å². The van der Waals surface area contributed by atoms with Crippen LogP contribution in [0.2, 0.25) is 0 Å². The zero-order chi connectivity index (χ0) is 11.7. The Labute approximate surface area is 104 Å². The summed E-state index contributed by atoms with van der Waals surface area (Å²) in [4.78, 5) is 16.0. The second-order valence-corrected chi connectivity index (χ2v) is 3.81. The number of nitrogens with zero attached hydrogens (tertiary/aromatic N) is 8. The molecule has 0 radical (unpaired) electrons. The van der Waals surface area contributed by atoms with E-state index in [2.05, 4.69) is 46.1 Å². The second-order valence-electron chi connectivity index (χ2n) is 3.01. The average Bonchev–Trinajstić information content (AvgIpc) is 3.02. The monoisotopic (exact) mass is 292 g/mol. The molecule has 84 valence electrons. The van der Waals surface area contributed by atoms with E-state index in [-0.39, 0.29) is 0 Å². The molecule has 17 heavy (non-hydrogen) atoms. The Morgan fingerprint density at radius 1 is 0.824 bits per heavy atom. The number of hydrogen-bond acceptors (Lipinski definition) is 6. The predicted octanol–water partition coefficient (Wildman–Crippen LogP) is 0.400. The summed E-state index contributed by atoms with van der Waals surface area (Å²) in [6.45, 7) is 0. The molecule has 0 amide bonds. The Hall–Kier alpha value is -2.16. The van der Waals surface area contributed by atoms with Crippen LogP contribution >= 0.6 is 15.9 Å². The summed E-state index contributed by atoms with van der Waals surface area (Å²) in [7, 11) is 0. The summed E-state index contributed by atoms with van der Waals surface area (Å²) < 4.78 is 3.73. The van der Waals surface area contributed by atoms with E-state index in [0.29, 0.717) is 16.1 Å². The Morgan fingerprint density at radius 3 is 1.76 bits per heavy atom. The standard InChI is InChI=1S/C8H5BrN8/c9-6-7(16-4-10-1-14-16)12-3-13-8(6)17-5-11-2-15-17/h1-5H. The van der Waals surface area contributed by atoms with Crippen molar-refractivity contribution in [3.05, 3.63) is 36.1 Å². The van der Waals surface area contributed by atoms with Gasteiger partial charge in [0.25, 0.3) is 0 Å². The third-order valence-corrected chi connectivity index (χ3v) is 2.73. The molecule has 3 heterocycles. The molecule has 0 saturated carbocycles. The van der Waals surface area contributed by atoms with Crippen LogP contribution in [0, 0.1) is 0 Å². The molecular weight excluding hydrogens is 288 g/mol. The smallest absolute Gasteiger partial charge is 0.174 e. The highest BCUT2D eigenvalue weighted by Crippen LogP contribution is 2.22. The highest BCUT2D eigenvalue weighted by molar-refractivity contribution is 9.10. The summed E-state index contributed by atoms with van der Waals surface area (Å²) >= 11 is 3.42. The summed E-state index contributed by atoms with van der Waals surface area (Å²) in [6, 6.07) is 0. The van der Waals surface area contributed by atoms with E-state index in [0.717, 1.165) is 0 Å². The quantitative estimate of drug-likeness (QED) is 0.679. The molecule has 0 aliphatic carbocycles. The summed E-state index contributed by atoms with van der Waals surface area (Å²) in [5.74, 6) is 1.17. The molecule has 0 aliphatic rings. The highest BCUT2D eigenvalue weighted by Gasteiger charge is 2.12. The third-order valence-electron chi connectivity index (χ3n) is 2.02. The third kappa shape index (κ3) is 1.69. The fourth-order valence-electron chi connectivity index (χ4n) is 1.31. The number of hydrogen-bond donors (Lipinski definition) is 0. The molecule has 0 atom stereocenters. The zero-order valence-electron chi connectivity index (χ0n) is 8.34. The van der Waals surface area contributed by atoms with Gasteiger partial charge < -0.3 is 0 Å². The second kappa shape index (κ2) is 4.01. The minimum absolute atomic E-state index is 0.586. The fourth-order valence-corrected chi connectivity index (χ4v) is 1.87. The molecule has 0 aliphatic heterocycles. The summed E-state index contributed by atoms with van der Waals surface area (Å²) in [5, 5.41) is 8.02. The van der Waals surface area contributed by atoms with Crippen molar-refractivity contribution in [3.8, 4) is 11.6 Å². The lowest BCUT2D eigenvalue weighted by Crippen LogP contribution is -2.06. The predicted molar refractivity (Wildman–Crippen MR) is 59.6 cm³/mol. The average molecular weight is 293 g/mol. The van der Waals surface area contributed by atoms with E-state index in [4.69, 9.17) is 0 Å². The van der Waals surface area contributed by atoms with Crippen molar-refractivity contribution in [1.82, 2.24) is 39.5 Å². The molecule has 3 rings (SSSR count). The lowest BCUT2D eigenvalue weighted by atomic mass is 10.5. The molecule has 0 saturated heterocycles. The number of rotatable bonds is 2. The lowest BCUT2D eigenvalue weighted by Gasteiger charge is -2.06. The first-order valence-electron chi connectivity index (χ1n) is 4.57. The van der Waals surface area contributed by atoms with Crippen molar-refractivity contribution < 1.29 is 0 Å². The Morgan fingerprint density at radius 2 is 1.35 bits per heavy atom. The largest absolute Gasteiger partial charge is 0.223 e. The zero-order valence-corrected chi connectivity index (χ0v) is 9.93. The SMILES string of the molecule is Brc1c(-n2cncn2)ncnc1-n1cncn1. The summed E-state index contributed by atoms with van der Waals surface area (Å²) in [5.41, 5.74) is 0. The van der Waals surface area contributed by atoms with Crippen LogP contribution in [0.4, 0.5) is 0 Å². The van der Waals surface area contributed by atoms with Crippen LogP contribution in [0.1, 0.15) is 0 Å². The van der Waals surface area contributed by atoms with E-state index < -0.39 is 0 Å². The maximum absolute atomic E-state index is 4.13. The van der Waals surface area contributed by atoms with Crippen LogP contribution in [-0.4, -0.2) is 39.5 Å². The van der Waals surface area contributed by atoms with Gasteiger partial charge in [0, 0.05) is 0 Å². The molecule has 3 aromatic heterocycles. The van der Waals surface area contributed by atoms with Gasteiger partial charge in [-0.15, -0.1) is 0 Å².